The van der Waals surface area contributed by atoms with E-state index in [4.69, 9.17) is 16.3 Å². The number of ether oxygens (including phenoxy) is 1. The number of halogens is 1. The van der Waals surface area contributed by atoms with E-state index < -0.39 is 0 Å². The molecule has 1 aromatic rings. The van der Waals surface area contributed by atoms with Crippen LogP contribution in [0, 0.1) is 5.92 Å². The second-order valence-electron chi connectivity index (χ2n) is 4.65. The molecule has 0 radical (unpaired) electrons. The summed E-state index contributed by atoms with van der Waals surface area (Å²) in [5.74, 6) is -0.0914. The Balaban J connectivity index is 2.82. The van der Waals surface area contributed by atoms with Gasteiger partial charge in [0.25, 0.3) is 0 Å². The van der Waals surface area contributed by atoms with Crippen molar-refractivity contribution in [2.24, 2.45) is 5.92 Å². The highest BCUT2D eigenvalue weighted by molar-refractivity contribution is 6.31. The second-order valence-corrected chi connectivity index (χ2v) is 5.06. The first kappa shape index (κ1) is 15.0. The number of hydrogen-bond donors (Lipinski definition) is 1. The Morgan fingerprint density at radius 3 is 2.39 bits per heavy atom. The van der Waals surface area contributed by atoms with Crippen molar-refractivity contribution in [1.82, 2.24) is 5.32 Å². The zero-order valence-corrected chi connectivity index (χ0v) is 12.0. The average Bonchev–Trinajstić information content (AvgIpc) is 2.35. The molecule has 0 aliphatic rings. The summed E-state index contributed by atoms with van der Waals surface area (Å²) in [6.07, 6.45) is 0. The van der Waals surface area contributed by atoms with Crippen molar-refractivity contribution in [2.75, 3.05) is 7.11 Å². The van der Waals surface area contributed by atoms with E-state index in [0.29, 0.717) is 5.02 Å². The van der Waals surface area contributed by atoms with Crippen molar-refractivity contribution < 1.29 is 9.53 Å². The molecule has 0 spiro atoms. The lowest BCUT2D eigenvalue weighted by Crippen LogP contribution is -2.43. The van der Waals surface area contributed by atoms with Crippen LogP contribution in [-0.4, -0.2) is 19.1 Å². The molecule has 0 saturated carbocycles. The highest BCUT2D eigenvalue weighted by atomic mass is 35.5. The van der Waals surface area contributed by atoms with Gasteiger partial charge in [0, 0.05) is 11.1 Å². The summed E-state index contributed by atoms with van der Waals surface area (Å²) in [6, 6.07) is 7.28. The van der Waals surface area contributed by atoms with Crippen LogP contribution in [0.2, 0.25) is 5.02 Å². The van der Waals surface area contributed by atoms with Crippen LogP contribution < -0.4 is 5.32 Å². The molecule has 3 nitrogen and oxygen atoms in total. The van der Waals surface area contributed by atoms with Crippen molar-refractivity contribution in [3.63, 3.8) is 0 Å². The number of methoxy groups -OCH3 is 1. The number of carbonyl (C=O) groups excluding carboxylic acids is 1. The zero-order valence-electron chi connectivity index (χ0n) is 11.2. The lowest BCUT2D eigenvalue weighted by molar-refractivity contribution is -0.144. The molecule has 100 valence electrons. The van der Waals surface area contributed by atoms with Gasteiger partial charge in [-0.1, -0.05) is 43.6 Å². The van der Waals surface area contributed by atoms with Crippen LogP contribution in [0.4, 0.5) is 0 Å². The first-order valence-electron chi connectivity index (χ1n) is 6.05. The van der Waals surface area contributed by atoms with E-state index in [9.17, 15) is 4.79 Å². The standard InChI is InChI=1S/C14H20ClNO2/c1-9(2)13(14(17)18-4)16-10(3)11-7-5-6-8-12(11)15/h5-10,13,16H,1-4H3/t10?,13-/m1/s1. The van der Waals surface area contributed by atoms with Crippen molar-refractivity contribution >= 4 is 17.6 Å². The Morgan fingerprint density at radius 2 is 1.89 bits per heavy atom. The van der Waals surface area contributed by atoms with Crippen molar-refractivity contribution in [3.8, 4) is 0 Å². The molecule has 1 aromatic carbocycles. The number of carbonyl (C=O) groups is 1. The minimum Gasteiger partial charge on any atom is -0.468 e. The van der Waals surface area contributed by atoms with Gasteiger partial charge in [0.05, 0.1) is 7.11 Å². The minimum atomic E-state index is -0.332. The summed E-state index contributed by atoms with van der Waals surface area (Å²) in [7, 11) is 1.40. The Morgan fingerprint density at radius 1 is 1.28 bits per heavy atom. The Hall–Kier alpha value is -1.06. The SMILES string of the molecule is COC(=O)[C@H](NC(C)c1ccccc1Cl)C(C)C. The number of nitrogens with one attached hydrogen (secondary N) is 1. The maximum Gasteiger partial charge on any atom is 0.323 e. The molecule has 18 heavy (non-hydrogen) atoms. The van der Waals surface area contributed by atoms with Crippen LogP contribution in [-0.2, 0) is 9.53 Å². The van der Waals surface area contributed by atoms with Gasteiger partial charge in [0.15, 0.2) is 0 Å². The van der Waals surface area contributed by atoms with Gasteiger partial charge in [0.1, 0.15) is 6.04 Å². The molecule has 0 heterocycles. The molecule has 1 rings (SSSR count). The lowest BCUT2D eigenvalue weighted by atomic mass is 10.0. The van der Waals surface area contributed by atoms with Gasteiger partial charge in [-0.2, -0.15) is 0 Å². The lowest BCUT2D eigenvalue weighted by Gasteiger charge is -2.25. The van der Waals surface area contributed by atoms with E-state index in [0.717, 1.165) is 5.56 Å². The normalized spacial score (nSPS) is 14.3. The fraction of sp³-hybridized carbons (Fsp3) is 0.500. The summed E-state index contributed by atoms with van der Waals surface area (Å²) in [5.41, 5.74) is 0.980. The zero-order chi connectivity index (χ0) is 13.7. The second kappa shape index (κ2) is 6.76. The molecule has 0 bridgehead atoms. The van der Waals surface area contributed by atoms with E-state index in [2.05, 4.69) is 5.32 Å². The van der Waals surface area contributed by atoms with Crippen molar-refractivity contribution in [1.29, 1.82) is 0 Å². The van der Waals surface area contributed by atoms with E-state index >= 15 is 0 Å². The molecule has 1 N–H and O–H groups in total. The van der Waals surface area contributed by atoms with E-state index in [1.54, 1.807) is 0 Å². The van der Waals surface area contributed by atoms with Gasteiger partial charge in [0.2, 0.25) is 0 Å². The van der Waals surface area contributed by atoms with Gasteiger partial charge in [-0.05, 0) is 24.5 Å². The third-order valence-corrected chi connectivity index (χ3v) is 3.27. The maximum absolute atomic E-state index is 11.7. The molecular weight excluding hydrogens is 250 g/mol. The van der Waals surface area contributed by atoms with Crippen LogP contribution in [0.25, 0.3) is 0 Å². The summed E-state index contributed by atoms with van der Waals surface area (Å²) < 4.78 is 4.81. The van der Waals surface area contributed by atoms with Gasteiger partial charge >= 0.3 is 5.97 Å². The van der Waals surface area contributed by atoms with E-state index in [-0.39, 0.29) is 24.0 Å². The molecule has 1 unspecified atom stereocenters. The van der Waals surface area contributed by atoms with Crippen LogP contribution in [0.3, 0.4) is 0 Å². The van der Waals surface area contributed by atoms with Crippen molar-refractivity contribution in [3.05, 3.63) is 34.9 Å². The molecular formula is C14H20ClNO2. The summed E-state index contributed by atoms with van der Waals surface area (Å²) in [6.45, 7) is 5.95. The molecule has 0 aliphatic carbocycles. The molecule has 0 amide bonds. The highest BCUT2D eigenvalue weighted by Crippen LogP contribution is 2.23. The number of hydrogen-bond acceptors (Lipinski definition) is 3. The van der Waals surface area contributed by atoms with E-state index in [1.807, 2.05) is 45.0 Å². The first-order valence-corrected chi connectivity index (χ1v) is 6.43. The maximum atomic E-state index is 11.7. The third-order valence-electron chi connectivity index (χ3n) is 2.92. The average molecular weight is 270 g/mol. The molecule has 4 heteroatoms. The van der Waals surface area contributed by atoms with Crippen LogP contribution >= 0.6 is 11.6 Å². The fourth-order valence-electron chi connectivity index (χ4n) is 1.85. The summed E-state index contributed by atoms with van der Waals surface area (Å²) >= 11 is 6.14. The molecule has 2 atom stereocenters. The fourth-order valence-corrected chi connectivity index (χ4v) is 2.14. The van der Waals surface area contributed by atoms with Crippen LogP contribution in [0.5, 0.6) is 0 Å². The first-order chi connectivity index (χ1) is 8.47. The topological polar surface area (TPSA) is 38.3 Å². The number of benzene rings is 1. The quantitative estimate of drug-likeness (QED) is 0.835. The highest BCUT2D eigenvalue weighted by Gasteiger charge is 2.25. The van der Waals surface area contributed by atoms with Crippen molar-refractivity contribution in [2.45, 2.75) is 32.9 Å². The Bertz CT molecular complexity index is 407. The van der Waals surface area contributed by atoms with Gasteiger partial charge in [-0.25, -0.2) is 0 Å². The molecule has 0 saturated heterocycles. The van der Waals surface area contributed by atoms with Gasteiger partial charge in [-0.15, -0.1) is 0 Å². The predicted octanol–water partition coefficient (Wildman–Crippen LogP) is 3.19. The molecule has 0 aromatic heterocycles. The third kappa shape index (κ3) is 3.72. The number of esters is 1. The Kier molecular flexibility index (Phi) is 5.63. The smallest absolute Gasteiger partial charge is 0.323 e. The Labute approximate surface area is 113 Å². The van der Waals surface area contributed by atoms with Crippen LogP contribution in [0.1, 0.15) is 32.4 Å². The minimum absolute atomic E-state index is 0.00907. The van der Waals surface area contributed by atoms with E-state index in [1.165, 1.54) is 7.11 Å². The van der Waals surface area contributed by atoms with Gasteiger partial charge in [-0.3, -0.25) is 10.1 Å². The van der Waals surface area contributed by atoms with Crippen LogP contribution in [0.15, 0.2) is 24.3 Å². The summed E-state index contributed by atoms with van der Waals surface area (Å²) in [5, 5.41) is 3.96. The number of rotatable bonds is 5. The largest absolute Gasteiger partial charge is 0.468 e. The molecule has 0 fully saturated rings. The summed E-state index contributed by atoms with van der Waals surface area (Å²) in [4.78, 5) is 11.7. The molecule has 0 aliphatic heterocycles. The predicted molar refractivity (Wildman–Crippen MR) is 73.6 cm³/mol. The van der Waals surface area contributed by atoms with Gasteiger partial charge < -0.3 is 4.74 Å². The monoisotopic (exact) mass is 269 g/mol.